The molecule has 0 aliphatic rings. The summed E-state index contributed by atoms with van der Waals surface area (Å²) in [6, 6.07) is 20.7. The first kappa shape index (κ1) is 14.9. The van der Waals surface area contributed by atoms with Crippen LogP contribution in [0.3, 0.4) is 0 Å². The van der Waals surface area contributed by atoms with E-state index in [0.717, 1.165) is 0 Å². The molecule has 0 saturated heterocycles. The number of rotatable bonds is 4. The summed E-state index contributed by atoms with van der Waals surface area (Å²) in [6.07, 6.45) is 1.61. The molecule has 1 amide bonds. The number of benzene rings is 2. The molecule has 0 fully saturated rings. The number of halogens is 1. The lowest BCUT2D eigenvalue weighted by Crippen LogP contribution is -2.31. The first-order chi connectivity index (χ1) is 11.3. The number of aromatic nitrogens is 1. The van der Waals surface area contributed by atoms with Crippen molar-refractivity contribution in [1.82, 2.24) is 4.98 Å². The smallest absolute Gasteiger partial charge is 0.259 e. The quantitative estimate of drug-likeness (QED) is 0.728. The Morgan fingerprint density at radius 2 is 1.61 bits per heavy atom. The minimum atomic E-state index is -0.339. The SMILES string of the molecule is O=C(c1ccccc1)N(Cc1ccccc1F)c1ccccn1. The van der Waals surface area contributed by atoms with Crippen molar-refractivity contribution in [3.63, 3.8) is 0 Å². The van der Waals surface area contributed by atoms with Gasteiger partial charge in [0, 0.05) is 17.3 Å². The van der Waals surface area contributed by atoms with Gasteiger partial charge in [-0.25, -0.2) is 9.37 Å². The maximum atomic E-state index is 14.0. The Kier molecular flexibility index (Phi) is 4.43. The van der Waals surface area contributed by atoms with Crippen molar-refractivity contribution in [2.75, 3.05) is 4.90 Å². The van der Waals surface area contributed by atoms with Crippen LogP contribution in [0.15, 0.2) is 79.0 Å². The lowest BCUT2D eigenvalue weighted by molar-refractivity contribution is 0.0984. The Hall–Kier alpha value is -3.01. The molecule has 0 saturated carbocycles. The van der Waals surface area contributed by atoms with Crippen LogP contribution in [0, 0.1) is 5.82 Å². The van der Waals surface area contributed by atoms with Gasteiger partial charge in [-0.2, -0.15) is 0 Å². The van der Waals surface area contributed by atoms with Gasteiger partial charge in [0.2, 0.25) is 0 Å². The number of carbonyl (C=O) groups is 1. The van der Waals surface area contributed by atoms with Crippen LogP contribution < -0.4 is 4.90 Å². The molecule has 0 unspecified atom stereocenters. The maximum absolute atomic E-state index is 14.0. The molecule has 4 heteroatoms. The van der Waals surface area contributed by atoms with Crippen molar-refractivity contribution in [2.45, 2.75) is 6.54 Å². The van der Waals surface area contributed by atoms with E-state index in [9.17, 15) is 9.18 Å². The number of anilines is 1. The summed E-state index contributed by atoms with van der Waals surface area (Å²) in [7, 11) is 0. The van der Waals surface area contributed by atoms with Gasteiger partial charge in [-0.15, -0.1) is 0 Å². The summed E-state index contributed by atoms with van der Waals surface area (Å²) in [4.78, 5) is 18.5. The lowest BCUT2D eigenvalue weighted by atomic mass is 10.1. The van der Waals surface area contributed by atoms with Crippen molar-refractivity contribution in [3.8, 4) is 0 Å². The van der Waals surface area contributed by atoms with Gasteiger partial charge in [0.1, 0.15) is 11.6 Å². The van der Waals surface area contributed by atoms with Crippen LogP contribution in [-0.2, 0) is 6.54 Å². The third-order valence-electron chi connectivity index (χ3n) is 3.48. The van der Waals surface area contributed by atoms with Crippen molar-refractivity contribution >= 4 is 11.7 Å². The molecule has 114 valence electrons. The second-order valence-corrected chi connectivity index (χ2v) is 5.04. The van der Waals surface area contributed by atoms with Crippen molar-refractivity contribution in [1.29, 1.82) is 0 Å². The third-order valence-corrected chi connectivity index (χ3v) is 3.48. The predicted molar refractivity (Wildman–Crippen MR) is 87.6 cm³/mol. The molecule has 0 bridgehead atoms. The molecule has 0 aliphatic heterocycles. The Labute approximate surface area is 134 Å². The number of nitrogens with zero attached hydrogens (tertiary/aromatic N) is 2. The minimum absolute atomic E-state index is 0.122. The Morgan fingerprint density at radius 3 is 2.30 bits per heavy atom. The van der Waals surface area contributed by atoms with Gasteiger partial charge < -0.3 is 0 Å². The molecule has 1 aromatic heterocycles. The van der Waals surface area contributed by atoms with Gasteiger partial charge in [0.25, 0.3) is 5.91 Å². The maximum Gasteiger partial charge on any atom is 0.259 e. The zero-order chi connectivity index (χ0) is 16.1. The standard InChI is InChI=1S/C19H15FN2O/c20-17-11-5-4-10-16(17)14-22(18-12-6-7-13-21-18)19(23)15-8-2-1-3-9-15/h1-13H,14H2. The fraction of sp³-hybridized carbons (Fsp3) is 0.0526. The van der Waals surface area contributed by atoms with Crippen LogP contribution in [-0.4, -0.2) is 10.9 Å². The molecule has 1 heterocycles. The van der Waals surface area contributed by atoms with E-state index in [1.54, 1.807) is 66.9 Å². The van der Waals surface area contributed by atoms with Gasteiger partial charge >= 0.3 is 0 Å². The molecule has 2 aromatic carbocycles. The zero-order valence-electron chi connectivity index (χ0n) is 12.4. The van der Waals surface area contributed by atoms with Crippen LogP contribution in [0.4, 0.5) is 10.2 Å². The summed E-state index contributed by atoms with van der Waals surface area (Å²) in [5, 5.41) is 0. The molecule has 3 rings (SSSR count). The number of carbonyl (C=O) groups excluding carboxylic acids is 1. The normalized spacial score (nSPS) is 10.3. The largest absolute Gasteiger partial charge is 0.288 e. The highest BCUT2D eigenvalue weighted by molar-refractivity contribution is 6.05. The second kappa shape index (κ2) is 6.83. The van der Waals surface area contributed by atoms with Crippen LogP contribution in [0.2, 0.25) is 0 Å². The van der Waals surface area contributed by atoms with Crippen molar-refractivity contribution in [3.05, 3.63) is 95.9 Å². The second-order valence-electron chi connectivity index (χ2n) is 5.04. The van der Waals surface area contributed by atoms with Gasteiger partial charge in [0.15, 0.2) is 0 Å². The van der Waals surface area contributed by atoms with Gasteiger partial charge in [-0.1, -0.05) is 42.5 Å². The molecule has 0 radical (unpaired) electrons. The van der Waals surface area contributed by atoms with E-state index in [4.69, 9.17) is 0 Å². The number of amides is 1. The average Bonchev–Trinajstić information content (AvgIpc) is 2.62. The fourth-order valence-corrected chi connectivity index (χ4v) is 2.30. The van der Waals surface area contributed by atoms with E-state index < -0.39 is 0 Å². The molecular formula is C19H15FN2O. The molecule has 0 atom stereocenters. The van der Waals surface area contributed by atoms with Crippen molar-refractivity contribution < 1.29 is 9.18 Å². The highest BCUT2D eigenvalue weighted by Crippen LogP contribution is 2.19. The zero-order valence-corrected chi connectivity index (χ0v) is 12.4. The third kappa shape index (κ3) is 3.43. The topological polar surface area (TPSA) is 33.2 Å². The minimum Gasteiger partial charge on any atom is -0.288 e. The van der Waals surface area contributed by atoms with Crippen molar-refractivity contribution in [2.24, 2.45) is 0 Å². The monoisotopic (exact) mass is 306 g/mol. The number of hydrogen-bond acceptors (Lipinski definition) is 2. The summed E-state index contributed by atoms with van der Waals surface area (Å²) < 4.78 is 14.0. The number of pyridine rings is 1. The Balaban J connectivity index is 1.98. The van der Waals surface area contributed by atoms with E-state index in [-0.39, 0.29) is 18.3 Å². The molecule has 23 heavy (non-hydrogen) atoms. The van der Waals surface area contributed by atoms with E-state index in [1.165, 1.54) is 11.0 Å². The summed E-state index contributed by atoms with van der Waals surface area (Å²) in [5.41, 5.74) is 0.983. The van der Waals surface area contributed by atoms with Crippen LogP contribution in [0.5, 0.6) is 0 Å². The van der Waals surface area contributed by atoms with E-state index >= 15 is 0 Å². The Bertz CT molecular complexity index is 791. The molecule has 0 N–H and O–H groups in total. The van der Waals surface area contributed by atoms with Crippen LogP contribution >= 0.6 is 0 Å². The average molecular weight is 306 g/mol. The summed E-state index contributed by atoms with van der Waals surface area (Å²) in [6.45, 7) is 0.122. The number of hydrogen-bond donors (Lipinski definition) is 0. The first-order valence-electron chi connectivity index (χ1n) is 7.27. The highest BCUT2D eigenvalue weighted by atomic mass is 19.1. The van der Waals surface area contributed by atoms with E-state index in [1.807, 2.05) is 6.07 Å². The van der Waals surface area contributed by atoms with Crippen LogP contribution in [0.1, 0.15) is 15.9 Å². The first-order valence-corrected chi connectivity index (χ1v) is 7.27. The predicted octanol–water partition coefficient (Wildman–Crippen LogP) is 4.07. The van der Waals surface area contributed by atoms with Gasteiger partial charge in [0.05, 0.1) is 6.54 Å². The van der Waals surface area contributed by atoms with Gasteiger partial charge in [-0.3, -0.25) is 9.69 Å². The van der Waals surface area contributed by atoms with E-state index in [2.05, 4.69) is 4.98 Å². The molecule has 3 aromatic rings. The molecular weight excluding hydrogens is 291 g/mol. The van der Waals surface area contributed by atoms with E-state index in [0.29, 0.717) is 16.9 Å². The molecule has 3 nitrogen and oxygen atoms in total. The Morgan fingerprint density at radius 1 is 0.913 bits per heavy atom. The van der Waals surface area contributed by atoms with Gasteiger partial charge in [-0.05, 0) is 30.3 Å². The molecule has 0 spiro atoms. The lowest BCUT2D eigenvalue weighted by Gasteiger charge is -2.22. The fourth-order valence-electron chi connectivity index (χ4n) is 2.30. The summed E-state index contributed by atoms with van der Waals surface area (Å²) in [5.74, 6) is -0.0635. The summed E-state index contributed by atoms with van der Waals surface area (Å²) >= 11 is 0. The highest BCUT2D eigenvalue weighted by Gasteiger charge is 2.20. The molecule has 0 aliphatic carbocycles. The van der Waals surface area contributed by atoms with Crippen LogP contribution in [0.25, 0.3) is 0 Å².